The predicted molar refractivity (Wildman–Crippen MR) is 71.5 cm³/mol. The van der Waals surface area contributed by atoms with E-state index in [1.165, 1.54) is 6.07 Å². The average Bonchev–Trinajstić information content (AvgIpc) is 2.43. The van der Waals surface area contributed by atoms with Crippen molar-refractivity contribution in [2.24, 2.45) is 5.92 Å². The van der Waals surface area contributed by atoms with Crippen LogP contribution in [-0.2, 0) is 11.2 Å². The highest BCUT2D eigenvalue weighted by molar-refractivity contribution is 5.70. The third kappa shape index (κ3) is 3.54. The van der Waals surface area contributed by atoms with E-state index in [2.05, 4.69) is 4.90 Å². The molecule has 1 aromatic rings. The molecular formula is C15H19F2NO2. The van der Waals surface area contributed by atoms with Crippen molar-refractivity contribution >= 4 is 5.97 Å². The summed E-state index contributed by atoms with van der Waals surface area (Å²) in [6.07, 6.45) is 1.93. The molecule has 0 saturated carbocycles. The summed E-state index contributed by atoms with van der Waals surface area (Å²) in [5.74, 6) is -2.62. The van der Waals surface area contributed by atoms with Gasteiger partial charge in [-0.2, -0.15) is 0 Å². The van der Waals surface area contributed by atoms with Gasteiger partial charge < -0.3 is 10.0 Å². The number of hydrogen-bond donors (Lipinski definition) is 1. The molecule has 1 fully saturated rings. The number of hydrogen-bond acceptors (Lipinski definition) is 2. The first kappa shape index (κ1) is 14.9. The standard InChI is InChI=1S/C15H19F2NO2/c1-10(8-11-2-3-13(16)14(17)9-11)18-6-4-12(5-7-18)15(19)20/h2-3,9-10,12H,4-8H2,1H3,(H,19,20). The van der Waals surface area contributed by atoms with Gasteiger partial charge in [0, 0.05) is 6.04 Å². The Hall–Kier alpha value is -1.49. The topological polar surface area (TPSA) is 40.5 Å². The molecule has 2 rings (SSSR count). The molecule has 20 heavy (non-hydrogen) atoms. The molecule has 1 aliphatic heterocycles. The summed E-state index contributed by atoms with van der Waals surface area (Å²) in [6, 6.07) is 4.16. The molecule has 0 spiro atoms. The lowest BCUT2D eigenvalue weighted by Gasteiger charge is -2.34. The SMILES string of the molecule is CC(Cc1ccc(F)c(F)c1)N1CCC(C(=O)O)CC1. The second-order valence-corrected chi connectivity index (χ2v) is 5.45. The Morgan fingerprint density at radius 1 is 1.35 bits per heavy atom. The molecule has 0 bridgehead atoms. The van der Waals surface area contributed by atoms with Gasteiger partial charge in [0.15, 0.2) is 11.6 Å². The highest BCUT2D eigenvalue weighted by Gasteiger charge is 2.26. The number of benzene rings is 1. The van der Waals surface area contributed by atoms with Gasteiger partial charge in [-0.15, -0.1) is 0 Å². The minimum absolute atomic E-state index is 0.189. The molecule has 0 aliphatic carbocycles. The number of halogens is 2. The largest absolute Gasteiger partial charge is 0.481 e. The zero-order valence-corrected chi connectivity index (χ0v) is 11.5. The molecule has 1 N–H and O–H groups in total. The Balaban J connectivity index is 1.90. The first-order chi connectivity index (χ1) is 9.47. The number of aliphatic carboxylic acids is 1. The van der Waals surface area contributed by atoms with Crippen LogP contribution in [-0.4, -0.2) is 35.1 Å². The van der Waals surface area contributed by atoms with Gasteiger partial charge >= 0.3 is 5.97 Å². The highest BCUT2D eigenvalue weighted by atomic mass is 19.2. The quantitative estimate of drug-likeness (QED) is 0.923. The van der Waals surface area contributed by atoms with Crippen molar-refractivity contribution in [2.45, 2.75) is 32.2 Å². The molecule has 0 radical (unpaired) electrons. The van der Waals surface area contributed by atoms with Crippen LogP contribution in [0.1, 0.15) is 25.3 Å². The van der Waals surface area contributed by atoms with Crippen LogP contribution in [0.2, 0.25) is 0 Å². The summed E-state index contributed by atoms with van der Waals surface area (Å²) >= 11 is 0. The van der Waals surface area contributed by atoms with E-state index in [9.17, 15) is 13.6 Å². The summed E-state index contributed by atoms with van der Waals surface area (Å²) in [5, 5.41) is 8.96. The second-order valence-electron chi connectivity index (χ2n) is 5.45. The van der Waals surface area contributed by atoms with Gasteiger partial charge in [-0.3, -0.25) is 4.79 Å². The number of carboxylic acids is 1. The predicted octanol–water partition coefficient (Wildman–Crippen LogP) is 2.69. The maximum atomic E-state index is 13.2. The molecule has 0 aromatic heterocycles. The summed E-state index contributed by atoms with van der Waals surface area (Å²) in [7, 11) is 0. The lowest BCUT2D eigenvalue weighted by Crippen LogP contribution is -2.42. The Kier molecular flexibility index (Phi) is 4.70. The van der Waals surface area contributed by atoms with Gasteiger partial charge in [0.2, 0.25) is 0 Å². The molecule has 110 valence electrons. The third-order valence-electron chi connectivity index (χ3n) is 4.02. The molecule has 1 atom stereocenters. The van der Waals surface area contributed by atoms with Crippen LogP contribution in [0.15, 0.2) is 18.2 Å². The number of nitrogens with zero attached hydrogens (tertiary/aromatic N) is 1. The normalized spacial score (nSPS) is 18.9. The van der Waals surface area contributed by atoms with Gasteiger partial charge in [-0.25, -0.2) is 8.78 Å². The zero-order chi connectivity index (χ0) is 14.7. The Bertz CT molecular complexity index is 485. The lowest BCUT2D eigenvalue weighted by molar-refractivity contribution is -0.143. The molecular weight excluding hydrogens is 264 g/mol. The second kappa shape index (κ2) is 6.31. The van der Waals surface area contributed by atoms with Crippen LogP contribution in [0.3, 0.4) is 0 Å². The van der Waals surface area contributed by atoms with Crippen LogP contribution >= 0.6 is 0 Å². The number of piperidine rings is 1. The van der Waals surface area contributed by atoms with E-state index in [0.29, 0.717) is 19.3 Å². The van der Waals surface area contributed by atoms with E-state index in [4.69, 9.17) is 5.11 Å². The van der Waals surface area contributed by atoms with Crippen LogP contribution in [0.25, 0.3) is 0 Å². The van der Waals surface area contributed by atoms with E-state index in [1.807, 2.05) is 6.92 Å². The lowest BCUT2D eigenvalue weighted by atomic mass is 9.95. The monoisotopic (exact) mass is 283 g/mol. The molecule has 0 amide bonds. The van der Waals surface area contributed by atoms with Gasteiger partial charge in [0.05, 0.1) is 5.92 Å². The first-order valence-corrected chi connectivity index (χ1v) is 6.88. The van der Waals surface area contributed by atoms with Crippen molar-refractivity contribution in [3.63, 3.8) is 0 Å². The Labute approximate surface area is 117 Å². The fourth-order valence-corrected chi connectivity index (χ4v) is 2.72. The number of rotatable bonds is 4. The van der Waals surface area contributed by atoms with E-state index in [0.717, 1.165) is 24.7 Å². The van der Waals surface area contributed by atoms with Crippen LogP contribution in [0.4, 0.5) is 8.78 Å². The van der Waals surface area contributed by atoms with Crippen molar-refractivity contribution < 1.29 is 18.7 Å². The summed E-state index contributed by atoms with van der Waals surface area (Å²) in [6.45, 7) is 3.51. The minimum Gasteiger partial charge on any atom is -0.481 e. The maximum Gasteiger partial charge on any atom is 0.306 e. The van der Waals surface area contributed by atoms with E-state index in [1.54, 1.807) is 6.07 Å². The Morgan fingerprint density at radius 3 is 2.55 bits per heavy atom. The molecule has 1 aromatic carbocycles. The van der Waals surface area contributed by atoms with Crippen LogP contribution < -0.4 is 0 Å². The highest BCUT2D eigenvalue weighted by Crippen LogP contribution is 2.21. The van der Waals surface area contributed by atoms with E-state index < -0.39 is 17.6 Å². The van der Waals surface area contributed by atoms with Crippen molar-refractivity contribution in [3.05, 3.63) is 35.4 Å². The molecule has 1 heterocycles. The number of carboxylic acid groups (broad SMARTS) is 1. The van der Waals surface area contributed by atoms with Crippen molar-refractivity contribution in [3.8, 4) is 0 Å². The summed E-state index contributed by atoms with van der Waals surface area (Å²) in [4.78, 5) is 13.1. The van der Waals surface area contributed by atoms with Gasteiger partial charge in [0.25, 0.3) is 0 Å². The molecule has 1 saturated heterocycles. The van der Waals surface area contributed by atoms with E-state index in [-0.39, 0.29) is 12.0 Å². The first-order valence-electron chi connectivity index (χ1n) is 6.88. The minimum atomic E-state index is -0.830. The fourth-order valence-electron chi connectivity index (χ4n) is 2.72. The van der Waals surface area contributed by atoms with Crippen molar-refractivity contribution in [1.29, 1.82) is 0 Å². The molecule has 1 unspecified atom stereocenters. The average molecular weight is 283 g/mol. The van der Waals surface area contributed by atoms with E-state index >= 15 is 0 Å². The maximum absolute atomic E-state index is 13.2. The van der Waals surface area contributed by atoms with Crippen molar-refractivity contribution in [1.82, 2.24) is 4.90 Å². The summed E-state index contributed by atoms with van der Waals surface area (Å²) < 4.78 is 26.0. The number of likely N-dealkylation sites (tertiary alicyclic amines) is 1. The number of carbonyl (C=O) groups is 1. The van der Waals surface area contributed by atoms with Crippen molar-refractivity contribution in [2.75, 3.05) is 13.1 Å². The van der Waals surface area contributed by atoms with Gasteiger partial charge in [0.1, 0.15) is 0 Å². The van der Waals surface area contributed by atoms with Crippen LogP contribution in [0, 0.1) is 17.6 Å². The molecule has 1 aliphatic rings. The third-order valence-corrected chi connectivity index (χ3v) is 4.02. The fraction of sp³-hybridized carbons (Fsp3) is 0.533. The molecule has 3 nitrogen and oxygen atoms in total. The zero-order valence-electron chi connectivity index (χ0n) is 11.5. The van der Waals surface area contributed by atoms with Crippen LogP contribution in [0.5, 0.6) is 0 Å². The van der Waals surface area contributed by atoms with Gasteiger partial charge in [-0.1, -0.05) is 6.07 Å². The smallest absolute Gasteiger partial charge is 0.306 e. The Morgan fingerprint density at radius 2 is 2.00 bits per heavy atom. The van der Waals surface area contributed by atoms with Gasteiger partial charge in [-0.05, 0) is 57.0 Å². The summed E-state index contributed by atoms with van der Waals surface area (Å²) in [5.41, 5.74) is 0.761. The molecule has 5 heteroatoms.